The number of rotatable bonds is 4. The third kappa shape index (κ3) is 4.04. The van der Waals surface area contributed by atoms with Crippen LogP contribution in [0.2, 0.25) is 0 Å². The van der Waals surface area contributed by atoms with E-state index >= 15 is 0 Å². The molecule has 0 bridgehead atoms. The molecule has 0 saturated carbocycles. The predicted molar refractivity (Wildman–Crippen MR) is 80.5 cm³/mol. The lowest BCUT2D eigenvalue weighted by Gasteiger charge is -2.10. The topological polar surface area (TPSA) is 48.1 Å². The van der Waals surface area contributed by atoms with Crippen molar-refractivity contribution in [1.29, 1.82) is 0 Å². The highest BCUT2D eigenvalue weighted by Crippen LogP contribution is 2.25. The Morgan fingerprint density at radius 3 is 2.79 bits per heavy atom. The minimum Gasteiger partial charge on any atom is -0.439 e. The van der Waals surface area contributed by atoms with Crippen molar-refractivity contribution in [3.05, 3.63) is 52.1 Å². The summed E-state index contributed by atoms with van der Waals surface area (Å²) in [5, 5.41) is 0. The van der Waals surface area contributed by atoms with Crippen LogP contribution in [0.3, 0.4) is 0 Å². The van der Waals surface area contributed by atoms with Crippen molar-refractivity contribution in [3.8, 4) is 11.6 Å². The zero-order valence-corrected chi connectivity index (χ0v) is 12.6. The number of nitrogens with two attached hydrogens (primary N) is 1. The SMILES string of the molecule is Cc1cc(CC(C)N)cnc1Oc1cccc(Br)c1. The highest BCUT2D eigenvalue weighted by atomic mass is 79.9. The summed E-state index contributed by atoms with van der Waals surface area (Å²) in [6.45, 7) is 3.98. The van der Waals surface area contributed by atoms with Crippen LogP contribution in [0.4, 0.5) is 0 Å². The van der Waals surface area contributed by atoms with Crippen LogP contribution in [0.15, 0.2) is 41.0 Å². The quantitative estimate of drug-likeness (QED) is 0.931. The first kappa shape index (κ1) is 14.0. The first-order chi connectivity index (χ1) is 9.04. The average Bonchev–Trinajstić information content (AvgIpc) is 2.32. The Morgan fingerprint density at radius 1 is 1.37 bits per heavy atom. The van der Waals surface area contributed by atoms with Crippen LogP contribution in [0.25, 0.3) is 0 Å². The Labute approximate surface area is 121 Å². The molecule has 0 fully saturated rings. The van der Waals surface area contributed by atoms with Gasteiger partial charge in [-0.15, -0.1) is 0 Å². The summed E-state index contributed by atoms with van der Waals surface area (Å²) in [5.41, 5.74) is 7.93. The minimum absolute atomic E-state index is 0.137. The zero-order valence-electron chi connectivity index (χ0n) is 11.1. The molecule has 0 spiro atoms. The molecule has 1 aromatic heterocycles. The predicted octanol–water partition coefficient (Wildman–Crippen LogP) is 3.83. The summed E-state index contributed by atoms with van der Waals surface area (Å²) < 4.78 is 6.76. The van der Waals surface area contributed by atoms with Gasteiger partial charge >= 0.3 is 0 Å². The molecule has 2 rings (SSSR count). The Kier molecular flexibility index (Phi) is 4.56. The molecule has 0 aliphatic heterocycles. The fraction of sp³-hybridized carbons (Fsp3) is 0.267. The summed E-state index contributed by atoms with van der Waals surface area (Å²) in [5.74, 6) is 1.40. The summed E-state index contributed by atoms with van der Waals surface area (Å²) in [6.07, 6.45) is 2.65. The molecular formula is C15H17BrN2O. The van der Waals surface area contributed by atoms with Crippen molar-refractivity contribution >= 4 is 15.9 Å². The highest BCUT2D eigenvalue weighted by molar-refractivity contribution is 9.10. The molecule has 100 valence electrons. The van der Waals surface area contributed by atoms with Crippen molar-refractivity contribution in [3.63, 3.8) is 0 Å². The number of hydrogen-bond donors (Lipinski definition) is 1. The maximum atomic E-state index is 5.79. The van der Waals surface area contributed by atoms with E-state index in [1.54, 1.807) is 0 Å². The fourth-order valence-electron chi connectivity index (χ4n) is 1.85. The van der Waals surface area contributed by atoms with Gasteiger partial charge in [0.2, 0.25) is 5.88 Å². The van der Waals surface area contributed by atoms with Gasteiger partial charge in [0.25, 0.3) is 0 Å². The second kappa shape index (κ2) is 6.17. The van der Waals surface area contributed by atoms with Gasteiger partial charge in [-0.05, 0) is 50.1 Å². The Hall–Kier alpha value is -1.39. The summed E-state index contributed by atoms with van der Waals surface area (Å²) in [4.78, 5) is 4.36. The number of hydrogen-bond acceptors (Lipinski definition) is 3. The van der Waals surface area contributed by atoms with E-state index in [9.17, 15) is 0 Å². The van der Waals surface area contributed by atoms with Crippen molar-refractivity contribution < 1.29 is 4.74 Å². The van der Waals surface area contributed by atoms with Gasteiger partial charge in [0, 0.05) is 22.3 Å². The smallest absolute Gasteiger partial charge is 0.222 e. The number of aryl methyl sites for hydroxylation is 1. The maximum Gasteiger partial charge on any atom is 0.222 e. The summed E-state index contributed by atoms with van der Waals surface area (Å²) >= 11 is 3.42. The average molecular weight is 321 g/mol. The van der Waals surface area contributed by atoms with Crippen LogP contribution in [0.1, 0.15) is 18.1 Å². The van der Waals surface area contributed by atoms with Crippen LogP contribution < -0.4 is 10.5 Å². The third-order valence-corrected chi connectivity index (χ3v) is 3.15. The van der Waals surface area contributed by atoms with Crippen molar-refractivity contribution in [1.82, 2.24) is 4.98 Å². The molecule has 1 atom stereocenters. The Balaban J connectivity index is 2.17. The lowest BCUT2D eigenvalue weighted by molar-refractivity contribution is 0.458. The lowest BCUT2D eigenvalue weighted by Crippen LogP contribution is -2.17. The normalized spacial score (nSPS) is 12.2. The number of ether oxygens (including phenoxy) is 1. The number of nitrogens with zero attached hydrogens (tertiary/aromatic N) is 1. The van der Waals surface area contributed by atoms with Crippen LogP contribution in [-0.2, 0) is 6.42 Å². The summed E-state index contributed by atoms with van der Waals surface area (Å²) in [6, 6.07) is 9.92. The molecule has 1 unspecified atom stereocenters. The minimum atomic E-state index is 0.137. The van der Waals surface area contributed by atoms with Gasteiger partial charge in [-0.3, -0.25) is 0 Å². The molecule has 2 N–H and O–H groups in total. The van der Waals surface area contributed by atoms with E-state index in [1.165, 1.54) is 0 Å². The van der Waals surface area contributed by atoms with Gasteiger partial charge < -0.3 is 10.5 Å². The highest BCUT2D eigenvalue weighted by Gasteiger charge is 2.06. The number of benzene rings is 1. The lowest BCUT2D eigenvalue weighted by atomic mass is 10.1. The molecule has 0 radical (unpaired) electrons. The fourth-order valence-corrected chi connectivity index (χ4v) is 2.23. The summed E-state index contributed by atoms with van der Waals surface area (Å²) in [7, 11) is 0. The molecular weight excluding hydrogens is 304 g/mol. The zero-order chi connectivity index (χ0) is 13.8. The van der Waals surface area contributed by atoms with Crippen molar-refractivity contribution in [2.75, 3.05) is 0 Å². The third-order valence-electron chi connectivity index (χ3n) is 2.66. The molecule has 3 nitrogen and oxygen atoms in total. The van der Waals surface area contributed by atoms with Gasteiger partial charge in [-0.25, -0.2) is 4.98 Å². The van der Waals surface area contributed by atoms with E-state index in [4.69, 9.17) is 10.5 Å². The van der Waals surface area contributed by atoms with Crippen LogP contribution in [-0.4, -0.2) is 11.0 Å². The van der Waals surface area contributed by atoms with E-state index in [-0.39, 0.29) is 6.04 Å². The first-order valence-electron chi connectivity index (χ1n) is 6.19. The van der Waals surface area contributed by atoms with Gasteiger partial charge in [0.05, 0.1) is 0 Å². The molecule has 0 aliphatic carbocycles. The Morgan fingerprint density at radius 2 is 2.16 bits per heavy atom. The Bertz CT molecular complexity index is 570. The second-order valence-electron chi connectivity index (χ2n) is 4.71. The second-order valence-corrected chi connectivity index (χ2v) is 5.62. The van der Waals surface area contributed by atoms with E-state index in [2.05, 4.69) is 27.0 Å². The molecule has 0 saturated heterocycles. The van der Waals surface area contributed by atoms with Gasteiger partial charge in [-0.1, -0.05) is 22.0 Å². The van der Waals surface area contributed by atoms with Crippen LogP contribution >= 0.6 is 15.9 Å². The van der Waals surface area contributed by atoms with E-state index in [1.807, 2.05) is 44.3 Å². The molecule has 1 aromatic carbocycles. The number of halogens is 1. The monoisotopic (exact) mass is 320 g/mol. The van der Waals surface area contributed by atoms with E-state index in [0.29, 0.717) is 5.88 Å². The van der Waals surface area contributed by atoms with Crippen LogP contribution in [0.5, 0.6) is 11.6 Å². The van der Waals surface area contributed by atoms with Gasteiger partial charge in [0.15, 0.2) is 0 Å². The van der Waals surface area contributed by atoms with E-state index < -0.39 is 0 Å². The van der Waals surface area contributed by atoms with Crippen LogP contribution in [0, 0.1) is 6.92 Å². The van der Waals surface area contributed by atoms with Gasteiger partial charge in [-0.2, -0.15) is 0 Å². The first-order valence-corrected chi connectivity index (χ1v) is 6.98. The number of pyridine rings is 1. The molecule has 0 aliphatic rings. The molecule has 1 heterocycles. The largest absolute Gasteiger partial charge is 0.439 e. The maximum absolute atomic E-state index is 5.79. The molecule has 4 heteroatoms. The molecule has 0 amide bonds. The van der Waals surface area contributed by atoms with E-state index in [0.717, 1.165) is 27.8 Å². The standard InChI is InChI=1S/C15H17BrN2O/c1-10-6-12(7-11(2)17)9-18-15(10)19-14-5-3-4-13(16)8-14/h3-6,8-9,11H,7,17H2,1-2H3. The van der Waals surface area contributed by atoms with Crippen molar-refractivity contribution in [2.24, 2.45) is 5.73 Å². The molecule has 19 heavy (non-hydrogen) atoms. The number of aromatic nitrogens is 1. The molecule has 2 aromatic rings. The van der Waals surface area contributed by atoms with Crippen molar-refractivity contribution in [2.45, 2.75) is 26.3 Å². The van der Waals surface area contributed by atoms with Gasteiger partial charge in [0.1, 0.15) is 5.75 Å².